The molecule has 0 aliphatic heterocycles. The normalized spacial score (nSPS) is 15.7. The summed E-state index contributed by atoms with van der Waals surface area (Å²) in [6.07, 6.45) is 0. The van der Waals surface area contributed by atoms with Crippen LogP contribution in [0.15, 0.2) is 0 Å². The summed E-state index contributed by atoms with van der Waals surface area (Å²) in [5.74, 6) is -6.41. The van der Waals surface area contributed by atoms with Gasteiger partial charge in [0.1, 0.15) is 0 Å². The summed E-state index contributed by atoms with van der Waals surface area (Å²) in [5.41, 5.74) is 3.36. The highest BCUT2D eigenvalue weighted by atomic mass is 32.2. The summed E-state index contributed by atoms with van der Waals surface area (Å²) in [5, 5.41) is -6.36. The van der Waals surface area contributed by atoms with Gasteiger partial charge in [0.25, 0.3) is 0 Å². The Hall–Kier alpha value is -0.550. The van der Waals surface area contributed by atoms with Crippen LogP contribution in [0.5, 0.6) is 0 Å². The minimum atomic E-state index is -6.69. The molecular formula is C3H3F6NO3S. The van der Waals surface area contributed by atoms with Gasteiger partial charge in [0.05, 0.1) is 0 Å². The Morgan fingerprint density at radius 2 is 1.29 bits per heavy atom. The molecule has 0 aromatic carbocycles. The van der Waals surface area contributed by atoms with E-state index in [-0.39, 0.29) is 0 Å². The fraction of sp³-hybridized carbons (Fsp3) is 1.00. The zero-order valence-electron chi connectivity index (χ0n) is 6.02. The number of hydrogen-bond donors (Lipinski definition) is 2. The zero-order chi connectivity index (χ0) is 12.0. The van der Waals surface area contributed by atoms with Gasteiger partial charge in [0.2, 0.25) is 0 Å². The van der Waals surface area contributed by atoms with E-state index in [0.29, 0.717) is 0 Å². The lowest BCUT2D eigenvalue weighted by Crippen LogP contribution is -2.61. The van der Waals surface area contributed by atoms with Crippen LogP contribution >= 0.6 is 0 Å². The predicted octanol–water partition coefficient (Wildman–Crippen LogP) is 0.654. The summed E-state index contributed by atoms with van der Waals surface area (Å²) in [7, 11) is -6.69. The molecule has 14 heavy (non-hydrogen) atoms. The lowest BCUT2D eigenvalue weighted by Gasteiger charge is -2.27. The maximum atomic E-state index is 12.1. The first-order chi connectivity index (χ1) is 5.75. The van der Waals surface area contributed by atoms with Gasteiger partial charge in [-0.1, -0.05) is 0 Å². The van der Waals surface area contributed by atoms with Crippen molar-refractivity contribution in [3.8, 4) is 0 Å². The molecule has 0 aliphatic rings. The molecule has 0 bridgehead atoms. The molecule has 86 valence electrons. The molecule has 0 rings (SSSR count). The monoisotopic (exact) mass is 247 g/mol. The summed E-state index contributed by atoms with van der Waals surface area (Å²) >= 11 is 0. The smallest absolute Gasteiger partial charge is 0.281 e. The van der Waals surface area contributed by atoms with Crippen LogP contribution in [0.4, 0.5) is 26.3 Å². The van der Waals surface area contributed by atoms with E-state index in [1.165, 1.54) is 0 Å². The van der Waals surface area contributed by atoms with Crippen LogP contribution in [0.2, 0.25) is 0 Å². The molecule has 0 amide bonds. The number of nitrogens with two attached hydrogens (primary N) is 1. The van der Waals surface area contributed by atoms with E-state index in [4.69, 9.17) is 4.55 Å². The fourth-order valence-electron chi connectivity index (χ4n) is 0.356. The lowest BCUT2D eigenvalue weighted by molar-refractivity contribution is -0.278. The van der Waals surface area contributed by atoms with Gasteiger partial charge in [-0.15, -0.1) is 0 Å². The Labute approximate surface area is 73.4 Å². The average molecular weight is 247 g/mol. The molecule has 0 fully saturated rings. The van der Waals surface area contributed by atoms with E-state index in [0.717, 1.165) is 0 Å². The second kappa shape index (κ2) is 2.97. The summed E-state index contributed by atoms with van der Waals surface area (Å²) in [4.78, 5) is 0. The van der Waals surface area contributed by atoms with Crippen LogP contribution in [0.1, 0.15) is 0 Å². The second-order valence-corrected chi connectivity index (χ2v) is 3.65. The minimum Gasteiger partial charge on any atom is -0.281 e. The van der Waals surface area contributed by atoms with Gasteiger partial charge in [0.15, 0.2) is 0 Å². The van der Waals surface area contributed by atoms with Crippen LogP contribution < -0.4 is 5.73 Å². The molecule has 3 N–H and O–H groups in total. The molecule has 0 spiro atoms. The number of hydrogen-bond acceptors (Lipinski definition) is 3. The average Bonchev–Trinajstić information content (AvgIpc) is 1.81. The van der Waals surface area contributed by atoms with Crippen LogP contribution in [-0.2, 0) is 10.1 Å². The van der Waals surface area contributed by atoms with Gasteiger partial charge in [-0.05, 0) is 0 Å². The molecule has 0 saturated heterocycles. The molecular weight excluding hydrogens is 244 g/mol. The number of halogens is 6. The van der Waals surface area contributed by atoms with Crippen molar-refractivity contribution in [1.82, 2.24) is 0 Å². The molecule has 4 nitrogen and oxygen atoms in total. The first-order valence-corrected chi connectivity index (χ1v) is 4.08. The van der Waals surface area contributed by atoms with Crippen molar-refractivity contribution in [1.29, 1.82) is 0 Å². The predicted molar refractivity (Wildman–Crippen MR) is 30.6 cm³/mol. The van der Waals surface area contributed by atoms with Crippen LogP contribution in [-0.4, -0.2) is 30.2 Å². The van der Waals surface area contributed by atoms with Gasteiger partial charge < -0.3 is 0 Å². The molecule has 0 saturated carbocycles. The molecule has 0 aromatic heterocycles. The van der Waals surface area contributed by atoms with Gasteiger partial charge in [-0.2, -0.15) is 34.8 Å². The van der Waals surface area contributed by atoms with Gasteiger partial charge in [0, 0.05) is 0 Å². The summed E-state index contributed by atoms with van der Waals surface area (Å²) < 4.78 is 98.6. The van der Waals surface area contributed by atoms with Crippen LogP contribution in [0, 0.1) is 0 Å². The summed E-state index contributed by atoms with van der Waals surface area (Å²) in [6.45, 7) is 0. The van der Waals surface area contributed by atoms with Gasteiger partial charge in [-0.3, -0.25) is 10.3 Å². The van der Waals surface area contributed by atoms with E-state index < -0.39 is 27.3 Å². The van der Waals surface area contributed by atoms with E-state index >= 15 is 0 Å². The maximum Gasteiger partial charge on any atom is 0.439 e. The second-order valence-electron chi connectivity index (χ2n) is 2.19. The molecule has 0 heterocycles. The maximum absolute atomic E-state index is 12.1. The third kappa shape index (κ3) is 1.79. The minimum absolute atomic E-state index is 3.36. The third-order valence-electron chi connectivity index (χ3n) is 1.11. The van der Waals surface area contributed by atoms with Gasteiger partial charge >= 0.3 is 27.3 Å². The van der Waals surface area contributed by atoms with Gasteiger partial charge in [-0.25, -0.2) is 0 Å². The topological polar surface area (TPSA) is 80.4 Å². The van der Waals surface area contributed by atoms with Crippen molar-refractivity contribution in [2.24, 2.45) is 5.73 Å². The van der Waals surface area contributed by atoms with E-state index in [1.54, 1.807) is 0 Å². The van der Waals surface area contributed by atoms with Crippen molar-refractivity contribution in [3.05, 3.63) is 0 Å². The first-order valence-electron chi connectivity index (χ1n) is 2.64. The molecule has 0 radical (unpaired) electrons. The highest BCUT2D eigenvalue weighted by Gasteiger charge is 2.76. The van der Waals surface area contributed by atoms with E-state index in [9.17, 15) is 34.8 Å². The Morgan fingerprint density at radius 3 is 1.36 bits per heavy atom. The number of rotatable bonds is 3. The van der Waals surface area contributed by atoms with Crippen molar-refractivity contribution in [2.75, 3.05) is 0 Å². The van der Waals surface area contributed by atoms with Crippen molar-refractivity contribution >= 4 is 10.1 Å². The van der Waals surface area contributed by atoms with Crippen molar-refractivity contribution < 1.29 is 39.3 Å². The highest BCUT2D eigenvalue weighted by molar-refractivity contribution is 7.87. The summed E-state index contributed by atoms with van der Waals surface area (Å²) in [6, 6.07) is -5.79. The molecule has 0 unspecified atom stereocenters. The quantitative estimate of drug-likeness (QED) is 0.436. The lowest BCUT2D eigenvalue weighted by atomic mass is 10.3. The third-order valence-corrected chi connectivity index (χ3v) is 2.01. The van der Waals surface area contributed by atoms with E-state index in [1.807, 2.05) is 0 Å². The van der Waals surface area contributed by atoms with Crippen LogP contribution in [0.25, 0.3) is 0 Å². The van der Waals surface area contributed by atoms with E-state index in [2.05, 4.69) is 5.73 Å². The standard InChI is InChI=1S/C3H3F6NO3S/c4-1(5,2(6,7)10)3(8,9)14(11,12)13/h10H2,(H,11,12,13). The molecule has 0 aromatic rings. The Bertz CT molecular complexity index is 318. The van der Waals surface area contributed by atoms with Crippen LogP contribution in [0.3, 0.4) is 0 Å². The number of alkyl halides is 6. The fourth-order valence-corrected chi connectivity index (χ4v) is 0.816. The van der Waals surface area contributed by atoms with Crippen molar-refractivity contribution in [2.45, 2.75) is 17.2 Å². The Balaban J connectivity index is 5.54. The highest BCUT2D eigenvalue weighted by Crippen LogP contribution is 2.45. The molecule has 0 atom stereocenters. The molecule has 11 heteroatoms. The first kappa shape index (κ1) is 13.4. The van der Waals surface area contributed by atoms with Crippen molar-refractivity contribution in [3.63, 3.8) is 0 Å². The largest absolute Gasteiger partial charge is 0.439 e. The Kier molecular flexibility index (Phi) is 2.85. The molecule has 0 aliphatic carbocycles. The SMILES string of the molecule is NC(F)(F)C(F)(F)C(F)(F)S(=O)(=O)O. The zero-order valence-corrected chi connectivity index (χ0v) is 6.83. The Morgan fingerprint density at radius 1 is 1.00 bits per heavy atom.